The van der Waals surface area contributed by atoms with Crippen molar-refractivity contribution in [3.05, 3.63) is 29.6 Å². The van der Waals surface area contributed by atoms with Crippen LogP contribution >= 0.6 is 0 Å². The second kappa shape index (κ2) is 10.9. The zero-order valence-electron chi connectivity index (χ0n) is 11.9. The van der Waals surface area contributed by atoms with Crippen LogP contribution in [0.4, 0.5) is 0 Å². The summed E-state index contributed by atoms with van der Waals surface area (Å²) in [6.07, 6.45) is 3.71. The molecular weight excluding hydrogens is 244 g/mol. The maximum atomic E-state index is 5.44. The van der Waals surface area contributed by atoms with Crippen LogP contribution in [0, 0.1) is 6.92 Å². The normalized spacial score (nSPS) is 10.8. The lowest BCUT2D eigenvalue weighted by Gasteiger charge is -2.08. The molecule has 0 saturated heterocycles. The summed E-state index contributed by atoms with van der Waals surface area (Å²) in [6, 6.07) is 2.02. The Hall–Kier alpha value is -1.01. The summed E-state index contributed by atoms with van der Waals surface area (Å²) in [4.78, 5) is 4.11. The van der Waals surface area contributed by atoms with Crippen molar-refractivity contribution < 1.29 is 14.2 Å². The number of nitrogens with one attached hydrogen (secondary N) is 1. The van der Waals surface area contributed by atoms with Crippen molar-refractivity contribution in [3.63, 3.8) is 0 Å². The van der Waals surface area contributed by atoms with Gasteiger partial charge in [0.2, 0.25) is 0 Å². The zero-order valence-corrected chi connectivity index (χ0v) is 11.9. The molecule has 0 aliphatic heterocycles. The van der Waals surface area contributed by atoms with E-state index in [0.717, 1.165) is 13.1 Å². The number of aromatic nitrogens is 1. The van der Waals surface area contributed by atoms with Crippen LogP contribution < -0.4 is 5.32 Å². The largest absolute Gasteiger partial charge is 0.382 e. The summed E-state index contributed by atoms with van der Waals surface area (Å²) in [5.41, 5.74) is 2.49. The summed E-state index contributed by atoms with van der Waals surface area (Å²) in [5, 5.41) is 3.33. The summed E-state index contributed by atoms with van der Waals surface area (Å²) in [5.74, 6) is 0. The summed E-state index contributed by atoms with van der Waals surface area (Å²) in [6.45, 7) is 6.92. The topological polar surface area (TPSA) is 52.6 Å². The molecule has 0 aromatic carbocycles. The molecule has 1 aromatic heterocycles. The Morgan fingerprint density at radius 3 is 2.58 bits per heavy atom. The molecular formula is C14H24N2O3. The number of ether oxygens (including phenoxy) is 3. The number of methoxy groups -OCH3 is 1. The van der Waals surface area contributed by atoms with Crippen molar-refractivity contribution in [2.45, 2.75) is 13.5 Å². The highest BCUT2D eigenvalue weighted by Gasteiger charge is 1.96. The SMILES string of the molecule is COCCOCCOCCNCc1cnccc1C. The van der Waals surface area contributed by atoms with Gasteiger partial charge in [-0.3, -0.25) is 4.98 Å². The van der Waals surface area contributed by atoms with E-state index in [1.54, 1.807) is 7.11 Å². The van der Waals surface area contributed by atoms with Gasteiger partial charge in [0, 0.05) is 32.6 Å². The monoisotopic (exact) mass is 268 g/mol. The third kappa shape index (κ3) is 7.89. The zero-order chi connectivity index (χ0) is 13.8. The van der Waals surface area contributed by atoms with Crippen molar-refractivity contribution in [3.8, 4) is 0 Å². The van der Waals surface area contributed by atoms with Crippen LogP contribution in [-0.2, 0) is 20.8 Å². The maximum absolute atomic E-state index is 5.44. The van der Waals surface area contributed by atoms with Crippen LogP contribution in [-0.4, -0.2) is 51.7 Å². The lowest BCUT2D eigenvalue weighted by atomic mass is 10.2. The Kier molecular flexibility index (Phi) is 9.18. The fraction of sp³-hybridized carbons (Fsp3) is 0.643. The predicted molar refractivity (Wildman–Crippen MR) is 74.2 cm³/mol. The Labute approximate surface area is 115 Å². The second-order valence-electron chi connectivity index (χ2n) is 4.20. The van der Waals surface area contributed by atoms with Gasteiger partial charge >= 0.3 is 0 Å². The van der Waals surface area contributed by atoms with E-state index in [4.69, 9.17) is 14.2 Å². The first kappa shape index (κ1) is 16.0. The third-order valence-corrected chi connectivity index (χ3v) is 2.69. The van der Waals surface area contributed by atoms with Crippen molar-refractivity contribution in [1.29, 1.82) is 0 Å². The highest BCUT2D eigenvalue weighted by molar-refractivity contribution is 5.20. The molecule has 5 nitrogen and oxygen atoms in total. The van der Waals surface area contributed by atoms with Gasteiger partial charge in [-0.05, 0) is 24.1 Å². The van der Waals surface area contributed by atoms with E-state index in [1.165, 1.54) is 11.1 Å². The lowest BCUT2D eigenvalue weighted by molar-refractivity contribution is 0.0255. The number of rotatable bonds is 11. The molecule has 0 fully saturated rings. The molecule has 0 aliphatic carbocycles. The molecule has 0 spiro atoms. The molecule has 0 saturated carbocycles. The van der Waals surface area contributed by atoms with Crippen LogP contribution in [0.3, 0.4) is 0 Å². The highest BCUT2D eigenvalue weighted by Crippen LogP contribution is 2.03. The Bertz CT molecular complexity index is 334. The fourth-order valence-corrected chi connectivity index (χ4v) is 1.51. The molecule has 108 valence electrons. The van der Waals surface area contributed by atoms with Crippen molar-refractivity contribution in [2.24, 2.45) is 0 Å². The molecule has 1 aromatic rings. The molecule has 0 aliphatic rings. The summed E-state index contributed by atoms with van der Waals surface area (Å²) in [7, 11) is 1.66. The minimum atomic E-state index is 0.616. The van der Waals surface area contributed by atoms with Crippen LogP contribution in [0.15, 0.2) is 18.5 Å². The van der Waals surface area contributed by atoms with Gasteiger partial charge in [0.25, 0.3) is 0 Å². The van der Waals surface area contributed by atoms with Crippen molar-refractivity contribution in [2.75, 3.05) is 46.7 Å². The molecule has 1 rings (SSSR count). The first-order valence-corrected chi connectivity index (χ1v) is 6.59. The molecule has 1 heterocycles. The van der Waals surface area contributed by atoms with Crippen LogP contribution in [0.2, 0.25) is 0 Å². The van der Waals surface area contributed by atoms with Gasteiger partial charge in [0.15, 0.2) is 0 Å². The Balaban J connectivity index is 1.90. The molecule has 0 amide bonds. The first-order chi connectivity index (χ1) is 9.34. The molecule has 0 bridgehead atoms. The second-order valence-corrected chi connectivity index (χ2v) is 4.20. The average Bonchev–Trinajstić information content (AvgIpc) is 2.43. The Morgan fingerprint density at radius 2 is 1.84 bits per heavy atom. The van der Waals surface area contributed by atoms with Crippen molar-refractivity contribution in [1.82, 2.24) is 10.3 Å². The van der Waals surface area contributed by atoms with Gasteiger partial charge in [-0.2, -0.15) is 0 Å². The molecule has 19 heavy (non-hydrogen) atoms. The van der Waals surface area contributed by atoms with Gasteiger partial charge in [0.05, 0.1) is 33.0 Å². The van der Waals surface area contributed by atoms with E-state index in [-0.39, 0.29) is 0 Å². The number of nitrogens with zero attached hydrogens (tertiary/aromatic N) is 1. The highest BCUT2D eigenvalue weighted by atomic mass is 16.5. The van der Waals surface area contributed by atoms with E-state index < -0.39 is 0 Å². The summed E-state index contributed by atoms with van der Waals surface area (Å²) >= 11 is 0. The number of pyridine rings is 1. The van der Waals surface area contributed by atoms with E-state index >= 15 is 0 Å². The molecule has 1 N–H and O–H groups in total. The minimum absolute atomic E-state index is 0.616. The standard InChI is InChI=1S/C14H24N2O3/c1-13-3-4-15-11-14(13)12-16-5-6-18-9-10-19-8-7-17-2/h3-4,11,16H,5-10,12H2,1-2H3. The van der Waals surface area contributed by atoms with Crippen LogP contribution in [0.1, 0.15) is 11.1 Å². The lowest BCUT2D eigenvalue weighted by Crippen LogP contribution is -2.21. The average molecular weight is 268 g/mol. The fourth-order valence-electron chi connectivity index (χ4n) is 1.51. The smallest absolute Gasteiger partial charge is 0.0701 e. The van der Waals surface area contributed by atoms with E-state index in [9.17, 15) is 0 Å². The van der Waals surface area contributed by atoms with Gasteiger partial charge in [0.1, 0.15) is 0 Å². The molecule has 0 unspecified atom stereocenters. The minimum Gasteiger partial charge on any atom is -0.382 e. The number of aryl methyl sites for hydroxylation is 1. The van der Waals surface area contributed by atoms with Crippen LogP contribution in [0.5, 0.6) is 0 Å². The molecule has 0 atom stereocenters. The van der Waals surface area contributed by atoms with Crippen molar-refractivity contribution >= 4 is 0 Å². The molecule has 5 heteroatoms. The van der Waals surface area contributed by atoms with Gasteiger partial charge in [-0.15, -0.1) is 0 Å². The van der Waals surface area contributed by atoms with E-state index in [1.807, 2.05) is 18.5 Å². The van der Waals surface area contributed by atoms with E-state index in [0.29, 0.717) is 33.0 Å². The van der Waals surface area contributed by atoms with Gasteiger partial charge < -0.3 is 19.5 Å². The Morgan fingerprint density at radius 1 is 1.11 bits per heavy atom. The number of hydrogen-bond acceptors (Lipinski definition) is 5. The van der Waals surface area contributed by atoms with Gasteiger partial charge in [-0.25, -0.2) is 0 Å². The van der Waals surface area contributed by atoms with Gasteiger partial charge in [-0.1, -0.05) is 0 Å². The quantitative estimate of drug-likeness (QED) is 0.610. The first-order valence-electron chi connectivity index (χ1n) is 6.59. The predicted octanol–water partition coefficient (Wildman–Crippen LogP) is 1.16. The molecule has 0 radical (unpaired) electrons. The van der Waals surface area contributed by atoms with Crippen LogP contribution in [0.25, 0.3) is 0 Å². The van der Waals surface area contributed by atoms with E-state index in [2.05, 4.69) is 17.2 Å². The number of hydrogen-bond donors (Lipinski definition) is 1. The summed E-state index contributed by atoms with van der Waals surface area (Å²) < 4.78 is 15.6. The third-order valence-electron chi connectivity index (χ3n) is 2.69. The maximum Gasteiger partial charge on any atom is 0.0701 e.